The summed E-state index contributed by atoms with van der Waals surface area (Å²) in [5.74, 6) is 0. The van der Waals surface area contributed by atoms with Gasteiger partial charge in [0.2, 0.25) is 0 Å². The van der Waals surface area contributed by atoms with Crippen molar-refractivity contribution in [3.05, 3.63) is 53.1 Å². The molecule has 2 nitrogen and oxygen atoms in total. The summed E-state index contributed by atoms with van der Waals surface area (Å²) in [6.45, 7) is 6.30. The van der Waals surface area contributed by atoms with Crippen molar-refractivity contribution >= 4 is 17.1 Å². The first-order chi connectivity index (χ1) is 8.06. The van der Waals surface area contributed by atoms with Crippen LogP contribution in [0.1, 0.15) is 16.7 Å². The van der Waals surface area contributed by atoms with Crippen LogP contribution >= 0.6 is 0 Å². The van der Waals surface area contributed by atoms with Gasteiger partial charge < -0.3 is 11.1 Å². The Balaban J connectivity index is 2.28. The third kappa shape index (κ3) is 2.59. The van der Waals surface area contributed by atoms with Gasteiger partial charge in [-0.3, -0.25) is 0 Å². The van der Waals surface area contributed by atoms with Gasteiger partial charge in [-0.2, -0.15) is 0 Å². The molecule has 88 valence electrons. The molecule has 0 aliphatic carbocycles. The maximum atomic E-state index is 5.74. The molecule has 0 heterocycles. The van der Waals surface area contributed by atoms with E-state index in [1.165, 1.54) is 11.1 Å². The molecule has 0 unspecified atom stereocenters. The van der Waals surface area contributed by atoms with Gasteiger partial charge in [0, 0.05) is 17.1 Å². The lowest BCUT2D eigenvalue weighted by atomic mass is 10.1. The standard InChI is InChI=1S/C15H18N2/c1-10-4-6-14(9-11(10)2)17-15-7-5-13(16)8-12(15)3/h4-9,17H,16H2,1-3H3. The maximum Gasteiger partial charge on any atom is 0.0415 e. The van der Waals surface area contributed by atoms with Crippen molar-refractivity contribution in [3.63, 3.8) is 0 Å². The van der Waals surface area contributed by atoms with E-state index >= 15 is 0 Å². The van der Waals surface area contributed by atoms with Crippen molar-refractivity contribution in [2.75, 3.05) is 11.1 Å². The SMILES string of the molecule is Cc1ccc(Nc2ccc(N)cc2C)cc1C. The Morgan fingerprint density at radius 3 is 2.24 bits per heavy atom. The average Bonchev–Trinajstić information content (AvgIpc) is 2.27. The second-order valence-electron chi connectivity index (χ2n) is 4.50. The third-order valence-corrected chi connectivity index (χ3v) is 3.04. The lowest BCUT2D eigenvalue weighted by molar-refractivity contribution is 1.33. The van der Waals surface area contributed by atoms with E-state index in [0.717, 1.165) is 22.6 Å². The van der Waals surface area contributed by atoms with Gasteiger partial charge in [-0.25, -0.2) is 0 Å². The molecule has 0 aliphatic rings. The summed E-state index contributed by atoms with van der Waals surface area (Å²) in [6.07, 6.45) is 0. The number of nitrogens with two attached hydrogens (primary N) is 1. The van der Waals surface area contributed by atoms with E-state index in [0.29, 0.717) is 0 Å². The van der Waals surface area contributed by atoms with Gasteiger partial charge in [-0.1, -0.05) is 6.07 Å². The van der Waals surface area contributed by atoms with Gasteiger partial charge in [-0.05, 0) is 67.8 Å². The second kappa shape index (κ2) is 4.50. The van der Waals surface area contributed by atoms with Crippen LogP contribution in [0.4, 0.5) is 17.1 Å². The first kappa shape index (κ1) is 11.5. The van der Waals surface area contributed by atoms with Crippen molar-refractivity contribution in [1.82, 2.24) is 0 Å². The minimum atomic E-state index is 0.799. The summed E-state index contributed by atoms with van der Waals surface area (Å²) < 4.78 is 0. The second-order valence-corrected chi connectivity index (χ2v) is 4.50. The van der Waals surface area contributed by atoms with Crippen LogP contribution in [-0.2, 0) is 0 Å². The molecule has 0 amide bonds. The Morgan fingerprint density at radius 1 is 0.824 bits per heavy atom. The Labute approximate surface area is 102 Å². The number of nitrogen functional groups attached to an aromatic ring is 1. The van der Waals surface area contributed by atoms with Crippen LogP contribution in [-0.4, -0.2) is 0 Å². The summed E-state index contributed by atoms with van der Waals surface area (Å²) in [6, 6.07) is 12.3. The summed E-state index contributed by atoms with van der Waals surface area (Å²) >= 11 is 0. The van der Waals surface area contributed by atoms with Crippen molar-refractivity contribution < 1.29 is 0 Å². The summed E-state index contributed by atoms with van der Waals surface area (Å²) in [7, 11) is 0. The van der Waals surface area contributed by atoms with E-state index in [-0.39, 0.29) is 0 Å². The Hall–Kier alpha value is -1.96. The molecule has 17 heavy (non-hydrogen) atoms. The first-order valence-corrected chi connectivity index (χ1v) is 5.76. The van der Waals surface area contributed by atoms with E-state index in [9.17, 15) is 0 Å². The van der Waals surface area contributed by atoms with Crippen LogP contribution in [0.25, 0.3) is 0 Å². The Kier molecular flexibility index (Phi) is 3.05. The number of hydrogen-bond acceptors (Lipinski definition) is 2. The summed E-state index contributed by atoms with van der Waals surface area (Å²) in [5, 5.41) is 3.41. The van der Waals surface area contributed by atoms with Crippen LogP contribution in [0.3, 0.4) is 0 Å². The first-order valence-electron chi connectivity index (χ1n) is 5.76. The maximum absolute atomic E-state index is 5.74. The molecule has 2 heteroatoms. The summed E-state index contributed by atoms with van der Waals surface area (Å²) in [5.41, 5.74) is 12.5. The molecule has 0 spiro atoms. The molecule has 0 radical (unpaired) electrons. The van der Waals surface area contributed by atoms with Crippen molar-refractivity contribution in [2.24, 2.45) is 0 Å². The highest BCUT2D eigenvalue weighted by molar-refractivity contribution is 5.66. The fraction of sp³-hybridized carbons (Fsp3) is 0.200. The molecule has 0 saturated carbocycles. The van der Waals surface area contributed by atoms with Gasteiger partial charge in [0.25, 0.3) is 0 Å². The normalized spacial score (nSPS) is 10.3. The van der Waals surface area contributed by atoms with Crippen LogP contribution < -0.4 is 11.1 Å². The molecule has 0 bridgehead atoms. The highest BCUT2D eigenvalue weighted by Gasteiger charge is 2.00. The van der Waals surface area contributed by atoms with Gasteiger partial charge in [-0.15, -0.1) is 0 Å². The van der Waals surface area contributed by atoms with E-state index in [1.807, 2.05) is 18.2 Å². The molecule has 0 aliphatic heterocycles. The molecule has 2 aromatic rings. The minimum Gasteiger partial charge on any atom is -0.399 e. The zero-order valence-corrected chi connectivity index (χ0v) is 10.5. The van der Waals surface area contributed by atoms with E-state index < -0.39 is 0 Å². The molecule has 2 rings (SSSR count). The molecular formula is C15H18N2. The minimum absolute atomic E-state index is 0.799. The largest absolute Gasteiger partial charge is 0.399 e. The van der Waals surface area contributed by atoms with Crippen molar-refractivity contribution in [1.29, 1.82) is 0 Å². The molecule has 0 atom stereocenters. The van der Waals surface area contributed by atoms with Crippen molar-refractivity contribution in [2.45, 2.75) is 20.8 Å². The number of anilines is 3. The number of aryl methyl sites for hydroxylation is 3. The lowest BCUT2D eigenvalue weighted by Gasteiger charge is -2.11. The van der Waals surface area contributed by atoms with Crippen LogP contribution in [0.5, 0.6) is 0 Å². The lowest BCUT2D eigenvalue weighted by Crippen LogP contribution is -1.95. The van der Waals surface area contributed by atoms with E-state index in [2.05, 4.69) is 44.3 Å². The third-order valence-electron chi connectivity index (χ3n) is 3.04. The quantitative estimate of drug-likeness (QED) is 0.761. The fourth-order valence-electron chi connectivity index (χ4n) is 1.80. The van der Waals surface area contributed by atoms with Gasteiger partial charge in [0.05, 0.1) is 0 Å². The Bertz CT molecular complexity index is 545. The topological polar surface area (TPSA) is 38.0 Å². The summed E-state index contributed by atoms with van der Waals surface area (Å²) in [4.78, 5) is 0. The monoisotopic (exact) mass is 226 g/mol. The molecule has 0 fully saturated rings. The van der Waals surface area contributed by atoms with Crippen molar-refractivity contribution in [3.8, 4) is 0 Å². The molecule has 0 saturated heterocycles. The Morgan fingerprint density at radius 2 is 1.59 bits per heavy atom. The zero-order valence-electron chi connectivity index (χ0n) is 10.5. The number of hydrogen-bond donors (Lipinski definition) is 2. The highest BCUT2D eigenvalue weighted by Crippen LogP contribution is 2.23. The smallest absolute Gasteiger partial charge is 0.0415 e. The highest BCUT2D eigenvalue weighted by atomic mass is 14.9. The fourth-order valence-corrected chi connectivity index (χ4v) is 1.80. The van der Waals surface area contributed by atoms with E-state index in [4.69, 9.17) is 5.73 Å². The zero-order chi connectivity index (χ0) is 12.4. The van der Waals surface area contributed by atoms with E-state index in [1.54, 1.807) is 0 Å². The van der Waals surface area contributed by atoms with Crippen LogP contribution in [0.15, 0.2) is 36.4 Å². The molecular weight excluding hydrogens is 208 g/mol. The van der Waals surface area contributed by atoms with Gasteiger partial charge in [0.1, 0.15) is 0 Å². The molecule has 0 aromatic heterocycles. The predicted octanol–water partition coefficient (Wildman–Crippen LogP) is 3.94. The number of rotatable bonds is 2. The van der Waals surface area contributed by atoms with Gasteiger partial charge in [0.15, 0.2) is 0 Å². The average molecular weight is 226 g/mol. The number of benzene rings is 2. The molecule has 2 aromatic carbocycles. The predicted molar refractivity (Wildman–Crippen MR) is 74.8 cm³/mol. The number of nitrogens with one attached hydrogen (secondary N) is 1. The van der Waals surface area contributed by atoms with Crippen LogP contribution in [0, 0.1) is 20.8 Å². The van der Waals surface area contributed by atoms with Gasteiger partial charge >= 0.3 is 0 Å². The molecule has 3 N–H and O–H groups in total. The van der Waals surface area contributed by atoms with Crippen LogP contribution in [0.2, 0.25) is 0 Å².